The Kier molecular flexibility index (Phi) is 51.8. The van der Waals surface area contributed by atoms with E-state index in [0.717, 1.165) is 51.5 Å². The molecule has 0 bridgehead atoms. The highest BCUT2D eigenvalue weighted by Gasteiger charge is 2.56. The maximum atomic E-state index is 12.6. The molecule has 0 radical (unpaired) electrons. The van der Waals surface area contributed by atoms with Crippen LogP contribution >= 0.6 is 0 Å². The lowest BCUT2D eigenvalue weighted by Crippen LogP contribution is -2.63. The fraction of sp³-hybridized carbons (Fsp3) is 0.936. The van der Waals surface area contributed by atoms with Gasteiger partial charge in [-0.2, -0.15) is 0 Å². The van der Waals surface area contributed by atoms with E-state index in [0.29, 0.717) is 126 Å². The van der Waals surface area contributed by atoms with Crippen molar-refractivity contribution in [1.29, 1.82) is 0 Å². The Hall–Kier alpha value is -3.86. The standard InChI is InChI=1S/C19H37NO2.2C16H30O3.C15H28O3.C14H27NO7.C10H18O8.C4H11N/c1-9-13(4)15(6)17-16(7)14(5)10-19(8,22-17)18(21)20-11-12(2)3;2*1-8-10(2)12(4)14-13(5)11(3)9-16(6,19-14)15(17)18-7;1-7-9(2)11(4)13-12(5)10(3)8-15(6,18-13)14(16)17;1-7(2)5-15-13(21)14(3)4-8(17)10(19)12(22-14)11(20)9(18)6-16;1-10(9(16)17)2-4(12)6(14)8(18-10)7(15)5(13)3-11;1-4(2)3-5/h12-17H,9-11H2,1-8H3,(H,20,21);2*10-14H,8-9H2,1-7H3;9-13H,7-8H2,1-6H3,(H,16,17);7-12,16-20H,4-6H2,1-3H3,(H,15,21);4-8,11-15H,2-3H2,1H3,(H,16,17);4H,3,5H2,1-2H3/t13-,14?,15-,16?,17?,19?;2*10-,11?,12-,13?,14?,16?;9-,10?,11?,12?,13?,15?;;;/m1111.../s1. The first-order chi connectivity index (χ1) is 56.5. The molecule has 0 spiro atoms. The fourth-order valence-electron chi connectivity index (χ4n) is 17.2. The van der Waals surface area contributed by atoms with Gasteiger partial charge in [-0.25, -0.2) is 19.2 Å². The number of hydrogen-bond acceptors (Lipinski definition) is 25. The topological polar surface area (TPSA) is 469 Å². The van der Waals surface area contributed by atoms with Gasteiger partial charge in [0.1, 0.15) is 60.0 Å². The summed E-state index contributed by atoms with van der Waals surface area (Å²) in [5.41, 5.74) is -1.33. The van der Waals surface area contributed by atoms with Gasteiger partial charge >= 0.3 is 23.9 Å². The second-order valence-corrected chi connectivity index (χ2v) is 40.5. The monoisotopic (exact) mass is 1770 g/mol. The van der Waals surface area contributed by atoms with Crippen molar-refractivity contribution >= 4 is 35.7 Å². The molecule has 2 amide bonds. The zero-order chi connectivity index (χ0) is 96.2. The van der Waals surface area contributed by atoms with E-state index in [1.165, 1.54) is 28.1 Å². The number of carbonyl (C=O) groups is 6. The minimum atomic E-state index is -1.78. The third-order valence-corrected chi connectivity index (χ3v) is 28.5. The number of aliphatic carboxylic acids is 2. The molecule has 728 valence electrons. The van der Waals surface area contributed by atoms with E-state index < -0.39 is 126 Å². The van der Waals surface area contributed by atoms with E-state index in [-0.39, 0.29) is 61.0 Å². The third-order valence-electron chi connectivity index (χ3n) is 28.5. The van der Waals surface area contributed by atoms with Gasteiger partial charge in [-0.05, 0) is 186 Å². The maximum Gasteiger partial charge on any atom is 0.337 e. The van der Waals surface area contributed by atoms with Gasteiger partial charge in [0.25, 0.3) is 11.8 Å². The van der Waals surface area contributed by atoms with Crippen LogP contribution in [0.2, 0.25) is 0 Å². The molecule has 6 heterocycles. The van der Waals surface area contributed by atoms with Crippen molar-refractivity contribution in [2.75, 3.05) is 47.1 Å². The van der Waals surface area contributed by atoms with Crippen LogP contribution in [0, 0.1) is 112 Å². The van der Waals surface area contributed by atoms with Gasteiger partial charge in [-0.3, -0.25) is 9.59 Å². The molecule has 123 heavy (non-hydrogen) atoms. The third kappa shape index (κ3) is 34.1. The fourth-order valence-corrected chi connectivity index (χ4v) is 17.2. The van der Waals surface area contributed by atoms with Crippen molar-refractivity contribution in [3.05, 3.63) is 0 Å². The normalized spacial score (nSPS) is 36.7. The number of nitrogens with two attached hydrogens (primary N) is 1. The molecule has 0 saturated carbocycles. The predicted molar refractivity (Wildman–Crippen MR) is 476 cm³/mol. The van der Waals surface area contributed by atoms with Gasteiger partial charge in [0.15, 0.2) is 22.4 Å². The molecular weight excluding hydrogens is 1590 g/mol. The maximum absolute atomic E-state index is 12.6. The number of methoxy groups -OCH3 is 2. The van der Waals surface area contributed by atoms with E-state index in [4.69, 9.17) is 58.9 Å². The van der Waals surface area contributed by atoms with Crippen LogP contribution in [0.1, 0.15) is 286 Å². The summed E-state index contributed by atoms with van der Waals surface area (Å²) in [5.74, 6) is 6.07. The van der Waals surface area contributed by atoms with E-state index in [9.17, 15) is 74.7 Å². The Morgan fingerprint density at radius 3 is 0.821 bits per heavy atom. The van der Waals surface area contributed by atoms with Crippen molar-refractivity contribution in [3.8, 4) is 0 Å². The average Bonchev–Trinajstić information content (AvgIpc) is 0.680. The Balaban J connectivity index is 0.00000144. The van der Waals surface area contributed by atoms with Crippen LogP contribution < -0.4 is 16.4 Å². The second-order valence-electron chi connectivity index (χ2n) is 40.5. The molecule has 0 aromatic carbocycles. The zero-order valence-electron chi connectivity index (χ0n) is 82.3. The first-order valence-electron chi connectivity index (χ1n) is 46.1. The average molecular weight is 1770 g/mol. The van der Waals surface area contributed by atoms with Crippen molar-refractivity contribution in [3.63, 3.8) is 0 Å². The lowest BCUT2D eigenvalue weighted by atomic mass is 9.72. The molecule has 6 fully saturated rings. The summed E-state index contributed by atoms with van der Waals surface area (Å²) in [6, 6.07) is 0. The largest absolute Gasteiger partial charge is 0.479 e. The molecule has 16 N–H and O–H groups in total. The highest BCUT2D eigenvalue weighted by Crippen LogP contribution is 2.47. The number of amides is 2. The molecule has 6 aliphatic heterocycles. The van der Waals surface area contributed by atoms with Crippen LogP contribution in [0.25, 0.3) is 0 Å². The number of esters is 2. The van der Waals surface area contributed by atoms with Gasteiger partial charge in [0.2, 0.25) is 0 Å². The van der Waals surface area contributed by atoms with Crippen LogP contribution in [0.5, 0.6) is 0 Å². The molecule has 29 heteroatoms. The highest BCUT2D eigenvalue weighted by atomic mass is 16.6. The minimum absolute atomic E-state index is 0.0461. The van der Waals surface area contributed by atoms with Gasteiger partial charge in [0.05, 0.1) is 64.1 Å². The van der Waals surface area contributed by atoms with Crippen molar-refractivity contribution < 1.29 is 128 Å². The number of carboxylic acids is 2. The molecule has 0 aromatic rings. The predicted octanol–water partition coefficient (Wildman–Crippen LogP) is 10.6. The number of hydrogen-bond donors (Lipinski definition) is 15. The van der Waals surface area contributed by atoms with Gasteiger partial charge in [-0.15, -0.1) is 0 Å². The molecule has 6 rings (SSSR count). The van der Waals surface area contributed by atoms with E-state index in [1.54, 1.807) is 6.92 Å². The number of aliphatic hydroxyl groups is 10. The van der Waals surface area contributed by atoms with E-state index in [1.807, 2.05) is 34.6 Å². The Labute approximate surface area is 741 Å². The SMILES string of the molecule is CC(C)CN.CC(C)CNC(=O)C1(C)CC(O)C(O)C(C(O)C(O)CO)O1.CC1(C(=O)O)CC(O)C(O)C(C(O)C(O)CO)O1.CC[C@@H](C)C(C)C1OC(C)(C(=O)O)CC(C)C1C.CC[C@@H](C)[C@@H](C)C1OC(C)(C(=O)NCC(C)C)CC(C)C1C.CC[C@@H](C)[C@@H](C)C1OC(C)(C(=O)OC)CC(C)C1C.CC[C@@H](C)[C@@H](C)C1OC(C)(C(=O)OC)CC(C)C1C. The van der Waals surface area contributed by atoms with Crippen LogP contribution in [0.15, 0.2) is 0 Å². The molecule has 0 aliphatic carbocycles. The smallest absolute Gasteiger partial charge is 0.337 e. The number of carboxylic acid groups (broad SMARTS) is 2. The summed E-state index contributed by atoms with van der Waals surface area (Å²) in [4.78, 5) is 71.3. The number of ether oxygens (including phenoxy) is 8. The van der Waals surface area contributed by atoms with Gasteiger partial charge < -0.3 is 116 Å². The lowest BCUT2D eigenvalue weighted by Gasteiger charge is -2.47. The summed E-state index contributed by atoms with van der Waals surface area (Å²) >= 11 is 0. The van der Waals surface area contributed by atoms with Crippen molar-refractivity contribution in [2.24, 2.45) is 118 Å². The summed E-state index contributed by atoms with van der Waals surface area (Å²) in [7, 11) is 2.87. The highest BCUT2D eigenvalue weighted by molar-refractivity contribution is 5.85. The van der Waals surface area contributed by atoms with Gasteiger partial charge in [0, 0.05) is 25.9 Å². The molecule has 6 saturated heterocycles. The van der Waals surface area contributed by atoms with Crippen LogP contribution in [0.4, 0.5) is 0 Å². The Morgan fingerprint density at radius 1 is 0.374 bits per heavy atom. The van der Waals surface area contributed by atoms with Gasteiger partial charge in [-0.1, -0.05) is 206 Å². The number of rotatable bonds is 29. The number of carbonyl (C=O) groups excluding carboxylic acids is 4. The number of nitrogens with one attached hydrogen (secondary N) is 2. The molecule has 6 aliphatic rings. The summed E-state index contributed by atoms with van der Waals surface area (Å²) in [6.07, 6.45) is -7.72. The lowest BCUT2D eigenvalue weighted by molar-refractivity contribution is -0.249. The first kappa shape index (κ1) is 119. The summed E-state index contributed by atoms with van der Waals surface area (Å²) < 4.78 is 45.3. The molecule has 0 aromatic heterocycles. The van der Waals surface area contributed by atoms with Crippen molar-refractivity contribution in [1.82, 2.24) is 10.6 Å². The van der Waals surface area contributed by atoms with Crippen molar-refractivity contribution in [2.45, 2.75) is 405 Å². The number of aliphatic hydroxyl groups excluding tert-OH is 10. The molecule has 29 nitrogen and oxygen atoms in total. The Morgan fingerprint density at radius 2 is 0.585 bits per heavy atom. The van der Waals surface area contributed by atoms with Crippen LogP contribution in [-0.4, -0.2) is 263 Å². The quantitative estimate of drug-likeness (QED) is 0.0309. The molecular formula is C94H181N3O26. The van der Waals surface area contributed by atoms with E-state index >= 15 is 0 Å². The Bertz CT molecular complexity index is 2870. The minimum Gasteiger partial charge on any atom is -0.479 e. The summed E-state index contributed by atoms with van der Waals surface area (Å²) in [5, 5.41) is 119. The molecule has 29 unspecified atom stereocenters. The molecule has 36 atom stereocenters. The zero-order valence-corrected chi connectivity index (χ0v) is 82.3. The first-order valence-corrected chi connectivity index (χ1v) is 46.1. The summed E-state index contributed by atoms with van der Waals surface area (Å²) in [6.45, 7) is 67.3. The van der Waals surface area contributed by atoms with Crippen LogP contribution in [-0.2, 0) is 66.7 Å². The second kappa shape index (κ2) is 53.5. The van der Waals surface area contributed by atoms with E-state index in [2.05, 4.69) is 177 Å². The van der Waals surface area contributed by atoms with Crippen LogP contribution in [0.3, 0.4) is 0 Å².